The lowest BCUT2D eigenvalue weighted by Crippen LogP contribution is -2.17. The largest absolute Gasteiger partial charge is 0.281 e. The van der Waals surface area contributed by atoms with E-state index in [0.717, 1.165) is 0 Å². The fourth-order valence-corrected chi connectivity index (χ4v) is 2.72. The monoisotopic (exact) mass is 260 g/mol. The molecular formula is C14H12O3S. The Kier molecular flexibility index (Phi) is 3.58. The fourth-order valence-electron chi connectivity index (χ4n) is 1.59. The first-order valence-corrected chi connectivity index (χ1v) is 6.96. The van der Waals surface area contributed by atoms with Crippen LogP contribution in [0.3, 0.4) is 0 Å². The second-order valence-electron chi connectivity index (χ2n) is 3.85. The van der Waals surface area contributed by atoms with Crippen LogP contribution in [0.1, 0.15) is 5.56 Å². The van der Waals surface area contributed by atoms with E-state index in [0.29, 0.717) is 5.56 Å². The molecule has 2 rings (SSSR count). The Hall–Kier alpha value is -1.94. The van der Waals surface area contributed by atoms with Gasteiger partial charge in [0.25, 0.3) is 5.12 Å². The zero-order valence-corrected chi connectivity index (χ0v) is 10.4. The number of hydrogen-bond acceptors (Lipinski definition) is 3. The number of carbonyl (C=O) groups excluding carboxylic acids is 1. The van der Waals surface area contributed by atoms with Gasteiger partial charge in [-0.25, -0.2) is 8.42 Å². The first kappa shape index (κ1) is 12.5. The highest BCUT2D eigenvalue weighted by molar-refractivity contribution is 8.06. The van der Waals surface area contributed by atoms with E-state index in [4.69, 9.17) is 0 Å². The van der Waals surface area contributed by atoms with E-state index >= 15 is 0 Å². The van der Waals surface area contributed by atoms with E-state index in [9.17, 15) is 13.2 Å². The van der Waals surface area contributed by atoms with E-state index in [1.807, 2.05) is 6.07 Å². The van der Waals surface area contributed by atoms with E-state index in [2.05, 4.69) is 0 Å². The van der Waals surface area contributed by atoms with Crippen LogP contribution in [-0.2, 0) is 21.1 Å². The molecule has 4 heteroatoms. The van der Waals surface area contributed by atoms with Crippen molar-refractivity contribution in [3.63, 3.8) is 0 Å². The summed E-state index contributed by atoms with van der Waals surface area (Å²) in [4.78, 5) is 11.9. The Morgan fingerprint density at radius 1 is 0.833 bits per heavy atom. The molecule has 0 radical (unpaired) electrons. The van der Waals surface area contributed by atoms with Crippen LogP contribution in [0, 0.1) is 0 Å². The van der Waals surface area contributed by atoms with Crippen molar-refractivity contribution in [3.8, 4) is 0 Å². The SMILES string of the molecule is O=C(Cc1ccccc1)S(=O)(=O)c1ccccc1. The highest BCUT2D eigenvalue weighted by Crippen LogP contribution is 2.13. The third kappa shape index (κ3) is 2.65. The van der Waals surface area contributed by atoms with Crippen molar-refractivity contribution in [3.05, 3.63) is 66.2 Å². The Morgan fingerprint density at radius 3 is 1.89 bits per heavy atom. The second kappa shape index (κ2) is 5.14. The summed E-state index contributed by atoms with van der Waals surface area (Å²) < 4.78 is 24.0. The smallest absolute Gasteiger partial charge is 0.255 e. The zero-order valence-electron chi connectivity index (χ0n) is 9.61. The van der Waals surface area contributed by atoms with Gasteiger partial charge in [0.15, 0.2) is 0 Å². The molecule has 0 spiro atoms. The lowest BCUT2D eigenvalue weighted by Gasteiger charge is -2.03. The van der Waals surface area contributed by atoms with Gasteiger partial charge in [-0.15, -0.1) is 0 Å². The van der Waals surface area contributed by atoms with Gasteiger partial charge in [0, 0.05) is 6.42 Å². The highest BCUT2D eigenvalue weighted by atomic mass is 32.2. The number of carbonyl (C=O) groups is 1. The predicted octanol–water partition coefficient (Wildman–Crippen LogP) is 2.23. The molecule has 0 aliphatic carbocycles. The first-order chi connectivity index (χ1) is 8.60. The molecule has 18 heavy (non-hydrogen) atoms. The number of hydrogen-bond donors (Lipinski definition) is 0. The molecular weight excluding hydrogens is 248 g/mol. The molecule has 2 aromatic carbocycles. The molecule has 0 aromatic heterocycles. The summed E-state index contributed by atoms with van der Waals surface area (Å²) in [7, 11) is -3.88. The molecule has 0 saturated carbocycles. The van der Waals surface area contributed by atoms with Crippen LogP contribution in [0.5, 0.6) is 0 Å². The van der Waals surface area contributed by atoms with Crippen molar-refractivity contribution in [2.45, 2.75) is 11.3 Å². The molecule has 0 aliphatic rings. The molecule has 0 saturated heterocycles. The molecule has 0 fully saturated rings. The zero-order chi connectivity index (χ0) is 13.0. The number of benzene rings is 2. The van der Waals surface area contributed by atoms with Gasteiger partial charge in [0.2, 0.25) is 9.84 Å². The van der Waals surface area contributed by atoms with Crippen LogP contribution in [0.25, 0.3) is 0 Å². The van der Waals surface area contributed by atoms with Crippen LogP contribution in [0.2, 0.25) is 0 Å². The summed E-state index contributed by atoms with van der Waals surface area (Å²) in [6.07, 6.45) is -0.0991. The molecule has 0 aliphatic heterocycles. The third-order valence-electron chi connectivity index (χ3n) is 2.54. The number of sulfone groups is 1. The van der Waals surface area contributed by atoms with Crippen LogP contribution < -0.4 is 0 Å². The summed E-state index contributed by atoms with van der Waals surface area (Å²) in [6, 6.07) is 16.6. The van der Waals surface area contributed by atoms with E-state index in [1.54, 1.807) is 42.5 Å². The van der Waals surface area contributed by atoms with Gasteiger partial charge >= 0.3 is 0 Å². The van der Waals surface area contributed by atoms with E-state index < -0.39 is 15.0 Å². The average molecular weight is 260 g/mol. The van der Waals surface area contributed by atoms with Crippen molar-refractivity contribution >= 4 is 15.0 Å². The molecule has 0 bridgehead atoms. The molecule has 3 nitrogen and oxygen atoms in total. The summed E-state index contributed by atoms with van der Waals surface area (Å²) in [6.45, 7) is 0. The van der Waals surface area contributed by atoms with Crippen molar-refractivity contribution in [1.29, 1.82) is 0 Å². The highest BCUT2D eigenvalue weighted by Gasteiger charge is 2.24. The standard InChI is InChI=1S/C14H12O3S/c15-14(11-12-7-3-1-4-8-12)18(16,17)13-9-5-2-6-10-13/h1-10H,11H2. The van der Waals surface area contributed by atoms with Crippen LogP contribution >= 0.6 is 0 Å². The lowest BCUT2D eigenvalue weighted by molar-refractivity contribution is -0.111. The summed E-state index contributed by atoms with van der Waals surface area (Å²) in [5.74, 6) is 0. The molecule has 0 N–H and O–H groups in total. The van der Waals surface area contributed by atoms with Crippen molar-refractivity contribution in [2.75, 3.05) is 0 Å². The summed E-state index contributed by atoms with van der Waals surface area (Å²) >= 11 is 0. The van der Waals surface area contributed by atoms with Gasteiger partial charge in [-0.1, -0.05) is 48.5 Å². The molecule has 0 heterocycles. The van der Waals surface area contributed by atoms with Gasteiger partial charge < -0.3 is 0 Å². The van der Waals surface area contributed by atoms with Crippen LogP contribution in [0.4, 0.5) is 0 Å². The third-order valence-corrected chi connectivity index (χ3v) is 4.18. The maximum Gasteiger partial charge on any atom is 0.255 e. The Morgan fingerprint density at radius 2 is 1.33 bits per heavy atom. The van der Waals surface area contributed by atoms with E-state index in [-0.39, 0.29) is 11.3 Å². The molecule has 0 amide bonds. The van der Waals surface area contributed by atoms with Gasteiger partial charge in [0.05, 0.1) is 4.90 Å². The molecule has 92 valence electrons. The van der Waals surface area contributed by atoms with Crippen molar-refractivity contribution in [2.24, 2.45) is 0 Å². The average Bonchev–Trinajstić information content (AvgIpc) is 2.41. The van der Waals surface area contributed by atoms with Crippen molar-refractivity contribution in [1.82, 2.24) is 0 Å². The Balaban J connectivity index is 2.25. The Labute approximate surface area is 106 Å². The Bertz CT molecular complexity index is 631. The van der Waals surface area contributed by atoms with Gasteiger partial charge in [-0.2, -0.15) is 0 Å². The minimum absolute atomic E-state index is 0.0472. The quantitative estimate of drug-likeness (QED) is 0.850. The topological polar surface area (TPSA) is 51.2 Å². The van der Waals surface area contributed by atoms with Crippen LogP contribution in [-0.4, -0.2) is 13.5 Å². The van der Waals surface area contributed by atoms with Crippen LogP contribution in [0.15, 0.2) is 65.6 Å². The lowest BCUT2D eigenvalue weighted by atomic mass is 10.2. The fraction of sp³-hybridized carbons (Fsp3) is 0.0714. The summed E-state index contributed by atoms with van der Waals surface area (Å²) in [5, 5.41) is -0.778. The number of rotatable bonds is 3. The first-order valence-electron chi connectivity index (χ1n) is 5.47. The van der Waals surface area contributed by atoms with Gasteiger partial charge in [-0.3, -0.25) is 4.79 Å². The van der Waals surface area contributed by atoms with Gasteiger partial charge in [-0.05, 0) is 17.7 Å². The molecule has 0 atom stereocenters. The van der Waals surface area contributed by atoms with Crippen molar-refractivity contribution < 1.29 is 13.2 Å². The molecule has 0 unspecified atom stereocenters. The van der Waals surface area contributed by atoms with Gasteiger partial charge in [0.1, 0.15) is 0 Å². The normalized spacial score (nSPS) is 11.1. The predicted molar refractivity (Wildman–Crippen MR) is 68.8 cm³/mol. The maximum absolute atomic E-state index is 12.0. The molecule has 2 aromatic rings. The second-order valence-corrected chi connectivity index (χ2v) is 5.78. The minimum Gasteiger partial charge on any atom is -0.281 e. The van der Waals surface area contributed by atoms with E-state index in [1.165, 1.54) is 12.1 Å². The minimum atomic E-state index is -3.88. The maximum atomic E-state index is 12.0. The summed E-state index contributed by atoms with van der Waals surface area (Å²) in [5.41, 5.74) is 0.696.